The molecule has 0 fully saturated rings. The average molecular weight is 394 g/mol. The fourth-order valence-electron chi connectivity index (χ4n) is 2.92. The summed E-state index contributed by atoms with van der Waals surface area (Å²) in [5, 5.41) is 0.867. The average Bonchev–Trinajstić information content (AvgIpc) is 3.08. The highest BCUT2D eigenvalue weighted by atomic mass is 16.5. The van der Waals surface area contributed by atoms with Crippen LogP contribution in [0.25, 0.3) is 17.0 Å². The minimum absolute atomic E-state index is 0.208. The molecule has 0 saturated heterocycles. The van der Waals surface area contributed by atoms with Crippen molar-refractivity contribution in [2.75, 3.05) is 20.3 Å². The molecule has 29 heavy (non-hydrogen) atoms. The summed E-state index contributed by atoms with van der Waals surface area (Å²) in [5.41, 5.74) is 2.10. The molecule has 0 unspecified atom stereocenters. The molecule has 0 N–H and O–H groups in total. The number of hydrogen-bond acceptors (Lipinski definition) is 6. The van der Waals surface area contributed by atoms with Crippen LogP contribution in [0, 0.1) is 6.92 Å². The summed E-state index contributed by atoms with van der Waals surface area (Å²) in [6, 6.07) is 12.7. The molecular formula is C23H22O6. The van der Waals surface area contributed by atoms with Crippen molar-refractivity contribution < 1.29 is 28.2 Å². The molecule has 0 amide bonds. The number of ketones is 1. The van der Waals surface area contributed by atoms with Crippen LogP contribution in [-0.2, 0) is 9.53 Å². The highest BCUT2D eigenvalue weighted by molar-refractivity contribution is 6.02. The second-order valence-corrected chi connectivity index (χ2v) is 6.26. The number of carbonyl (C=O) groups is 2. The van der Waals surface area contributed by atoms with E-state index in [-0.39, 0.29) is 11.5 Å². The maximum atomic E-state index is 12.4. The monoisotopic (exact) mass is 394 g/mol. The molecule has 3 aromatic rings. The van der Waals surface area contributed by atoms with Gasteiger partial charge in [0.2, 0.25) is 5.78 Å². The molecule has 0 atom stereocenters. The SMILES string of the molecule is CCOc1ccc(/C=C/C(=O)OCC(=O)c2oc3ccccc3c2C)cc1OC. The van der Waals surface area contributed by atoms with Crippen molar-refractivity contribution in [3.8, 4) is 11.5 Å². The third kappa shape index (κ3) is 4.66. The van der Waals surface area contributed by atoms with E-state index < -0.39 is 12.6 Å². The topological polar surface area (TPSA) is 75.0 Å². The number of methoxy groups -OCH3 is 1. The molecule has 0 saturated carbocycles. The maximum Gasteiger partial charge on any atom is 0.331 e. The van der Waals surface area contributed by atoms with Crippen LogP contribution in [0.15, 0.2) is 53.0 Å². The van der Waals surface area contributed by atoms with Gasteiger partial charge in [-0.05, 0) is 43.7 Å². The predicted molar refractivity (Wildman–Crippen MR) is 109 cm³/mol. The lowest BCUT2D eigenvalue weighted by atomic mass is 10.1. The summed E-state index contributed by atoms with van der Waals surface area (Å²) >= 11 is 0. The van der Waals surface area contributed by atoms with Crippen LogP contribution < -0.4 is 9.47 Å². The second-order valence-electron chi connectivity index (χ2n) is 6.26. The number of Topliss-reactive ketones (excluding diaryl/α,β-unsaturated/α-hetero) is 1. The fraction of sp³-hybridized carbons (Fsp3) is 0.217. The Balaban J connectivity index is 1.62. The lowest BCUT2D eigenvalue weighted by Gasteiger charge is -2.09. The number of hydrogen-bond donors (Lipinski definition) is 0. The summed E-state index contributed by atoms with van der Waals surface area (Å²) in [4.78, 5) is 24.4. The summed E-state index contributed by atoms with van der Waals surface area (Å²) < 4.78 is 21.4. The summed E-state index contributed by atoms with van der Waals surface area (Å²) in [6.07, 6.45) is 2.84. The lowest BCUT2D eigenvalue weighted by molar-refractivity contribution is -0.136. The highest BCUT2D eigenvalue weighted by Crippen LogP contribution is 2.28. The van der Waals surface area contributed by atoms with Gasteiger partial charge in [-0.1, -0.05) is 24.3 Å². The van der Waals surface area contributed by atoms with E-state index in [9.17, 15) is 9.59 Å². The minimum atomic E-state index is -0.625. The third-order valence-electron chi connectivity index (χ3n) is 4.34. The van der Waals surface area contributed by atoms with E-state index in [4.69, 9.17) is 18.6 Å². The molecule has 0 aliphatic heterocycles. The van der Waals surface area contributed by atoms with Crippen LogP contribution >= 0.6 is 0 Å². The van der Waals surface area contributed by atoms with Crippen molar-refractivity contribution in [2.24, 2.45) is 0 Å². The Morgan fingerprint density at radius 3 is 2.62 bits per heavy atom. The Hall–Kier alpha value is -3.54. The Morgan fingerprint density at radius 2 is 1.90 bits per heavy atom. The standard InChI is InChI=1S/C23H22O6/c1-4-27-20-11-9-16(13-21(20)26-3)10-12-22(25)28-14-18(24)23-15(2)17-7-5-6-8-19(17)29-23/h5-13H,4,14H2,1-3H3/b12-10+. The zero-order valence-electron chi connectivity index (χ0n) is 16.6. The van der Waals surface area contributed by atoms with Crippen molar-refractivity contribution in [1.82, 2.24) is 0 Å². The largest absolute Gasteiger partial charge is 0.493 e. The summed E-state index contributed by atoms with van der Waals surface area (Å²) in [6.45, 7) is 3.82. The lowest BCUT2D eigenvalue weighted by Crippen LogP contribution is -2.12. The Bertz CT molecular complexity index is 1060. The Kier molecular flexibility index (Phi) is 6.34. The van der Waals surface area contributed by atoms with Gasteiger partial charge in [-0.3, -0.25) is 4.79 Å². The first-order valence-corrected chi connectivity index (χ1v) is 9.20. The molecule has 1 aromatic heterocycles. The van der Waals surface area contributed by atoms with E-state index in [1.54, 1.807) is 44.4 Å². The van der Waals surface area contributed by atoms with Gasteiger partial charge < -0.3 is 18.6 Å². The van der Waals surface area contributed by atoms with Crippen LogP contribution in [-0.4, -0.2) is 32.1 Å². The first-order chi connectivity index (χ1) is 14.0. The third-order valence-corrected chi connectivity index (χ3v) is 4.34. The van der Waals surface area contributed by atoms with E-state index in [1.165, 1.54) is 6.08 Å². The van der Waals surface area contributed by atoms with E-state index >= 15 is 0 Å². The molecule has 0 spiro atoms. The summed E-state index contributed by atoms with van der Waals surface area (Å²) in [7, 11) is 1.55. The second kappa shape index (κ2) is 9.10. The van der Waals surface area contributed by atoms with Crippen LogP contribution in [0.5, 0.6) is 11.5 Å². The molecule has 6 heteroatoms. The molecule has 0 radical (unpaired) electrons. The van der Waals surface area contributed by atoms with Crippen molar-refractivity contribution in [3.63, 3.8) is 0 Å². The molecule has 0 aliphatic rings. The molecule has 2 aromatic carbocycles. The van der Waals surface area contributed by atoms with Gasteiger partial charge in [-0.2, -0.15) is 0 Å². The first-order valence-electron chi connectivity index (χ1n) is 9.20. The van der Waals surface area contributed by atoms with Crippen molar-refractivity contribution in [3.05, 3.63) is 65.4 Å². The number of benzene rings is 2. The van der Waals surface area contributed by atoms with E-state index in [0.717, 1.165) is 16.5 Å². The van der Waals surface area contributed by atoms with Crippen molar-refractivity contribution >= 4 is 28.8 Å². The number of fused-ring (bicyclic) bond motifs is 1. The van der Waals surface area contributed by atoms with Gasteiger partial charge >= 0.3 is 5.97 Å². The zero-order valence-corrected chi connectivity index (χ0v) is 16.6. The fourth-order valence-corrected chi connectivity index (χ4v) is 2.92. The van der Waals surface area contributed by atoms with Gasteiger partial charge in [-0.25, -0.2) is 4.79 Å². The predicted octanol–water partition coefficient (Wildman–Crippen LogP) is 4.59. The number of rotatable bonds is 8. The van der Waals surface area contributed by atoms with Crippen molar-refractivity contribution in [2.45, 2.75) is 13.8 Å². The molecular weight excluding hydrogens is 372 g/mol. The normalized spacial score (nSPS) is 11.0. The van der Waals surface area contributed by atoms with Gasteiger partial charge in [0.25, 0.3) is 0 Å². The van der Waals surface area contributed by atoms with E-state index in [1.807, 2.05) is 25.1 Å². The number of furan rings is 1. The molecule has 0 bridgehead atoms. The van der Waals surface area contributed by atoms with Crippen LogP contribution in [0.3, 0.4) is 0 Å². The van der Waals surface area contributed by atoms with Crippen LogP contribution in [0.2, 0.25) is 0 Å². The van der Waals surface area contributed by atoms with E-state index in [0.29, 0.717) is 23.7 Å². The van der Waals surface area contributed by atoms with Gasteiger partial charge in [0, 0.05) is 17.0 Å². The number of carbonyl (C=O) groups excluding carboxylic acids is 2. The Morgan fingerprint density at radius 1 is 1.10 bits per heavy atom. The maximum absolute atomic E-state index is 12.4. The summed E-state index contributed by atoms with van der Waals surface area (Å²) in [5.74, 6) is 0.391. The molecule has 1 heterocycles. The molecule has 6 nitrogen and oxygen atoms in total. The highest BCUT2D eigenvalue weighted by Gasteiger charge is 2.18. The van der Waals surface area contributed by atoms with Crippen molar-refractivity contribution in [1.29, 1.82) is 0 Å². The molecule has 150 valence electrons. The number of aryl methyl sites for hydroxylation is 1. The molecule has 0 aliphatic carbocycles. The smallest absolute Gasteiger partial charge is 0.331 e. The number of para-hydroxylation sites is 1. The van der Waals surface area contributed by atoms with Gasteiger partial charge in [0.15, 0.2) is 23.9 Å². The van der Waals surface area contributed by atoms with E-state index in [2.05, 4.69) is 0 Å². The van der Waals surface area contributed by atoms with Gasteiger partial charge in [0.1, 0.15) is 5.58 Å². The zero-order chi connectivity index (χ0) is 20.8. The van der Waals surface area contributed by atoms with Gasteiger partial charge in [-0.15, -0.1) is 0 Å². The first kappa shape index (κ1) is 20.2. The number of esters is 1. The quantitative estimate of drug-likeness (QED) is 0.316. The molecule has 3 rings (SSSR count). The van der Waals surface area contributed by atoms with Crippen LogP contribution in [0.1, 0.15) is 28.6 Å². The van der Waals surface area contributed by atoms with Gasteiger partial charge in [0.05, 0.1) is 13.7 Å². The number of ether oxygens (including phenoxy) is 3. The minimum Gasteiger partial charge on any atom is -0.493 e. The Labute approximate surface area is 168 Å². The van der Waals surface area contributed by atoms with Crippen LogP contribution in [0.4, 0.5) is 0 Å².